The van der Waals surface area contributed by atoms with Gasteiger partial charge in [-0.3, -0.25) is 4.79 Å². The molecule has 0 spiro atoms. The first kappa shape index (κ1) is 22.6. The van der Waals surface area contributed by atoms with Crippen molar-refractivity contribution in [2.75, 3.05) is 39.4 Å². The molecule has 1 amide bonds. The van der Waals surface area contributed by atoms with Crippen LogP contribution in [-0.4, -0.2) is 62.9 Å². The zero-order valence-corrected chi connectivity index (χ0v) is 18.2. The maximum Gasteiger partial charge on any atom is 0.260 e. The van der Waals surface area contributed by atoms with E-state index in [1.54, 1.807) is 41.3 Å². The minimum absolute atomic E-state index is 0.122. The summed E-state index contributed by atoms with van der Waals surface area (Å²) in [6, 6.07) is 15.4. The van der Waals surface area contributed by atoms with Crippen molar-refractivity contribution in [3.63, 3.8) is 0 Å². The molecule has 0 aliphatic carbocycles. The van der Waals surface area contributed by atoms with E-state index in [0.29, 0.717) is 37.6 Å². The molecule has 0 atom stereocenters. The fraction of sp³-hybridized carbons (Fsp3) is 0.364. The molecule has 0 radical (unpaired) electrons. The summed E-state index contributed by atoms with van der Waals surface area (Å²) in [4.78, 5) is 14.3. The van der Waals surface area contributed by atoms with Gasteiger partial charge in [0.05, 0.1) is 24.0 Å². The predicted octanol–water partition coefficient (Wildman–Crippen LogP) is 2.06. The monoisotopic (exact) mass is 443 g/mol. The Morgan fingerprint density at radius 1 is 0.968 bits per heavy atom. The van der Waals surface area contributed by atoms with Gasteiger partial charge in [-0.2, -0.15) is 9.57 Å². The number of benzene rings is 2. The first-order chi connectivity index (χ1) is 14.9. The number of hydrogen-bond donors (Lipinski definition) is 0. The van der Waals surface area contributed by atoms with Crippen molar-refractivity contribution >= 4 is 15.9 Å². The van der Waals surface area contributed by atoms with Crippen molar-refractivity contribution in [3.05, 3.63) is 54.1 Å². The largest absolute Gasteiger partial charge is 0.494 e. The van der Waals surface area contributed by atoms with Gasteiger partial charge in [-0.15, -0.1) is 0 Å². The van der Waals surface area contributed by atoms with Gasteiger partial charge in [0.15, 0.2) is 6.61 Å². The van der Waals surface area contributed by atoms with Gasteiger partial charge in [-0.25, -0.2) is 8.42 Å². The number of hydrogen-bond acceptors (Lipinski definition) is 6. The Balaban J connectivity index is 1.51. The van der Waals surface area contributed by atoms with E-state index in [1.165, 1.54) is 16.4 Å². The lowest BCUT2D eigenvalue weighted by atomic mass is 10.2. The second-order valence-corrected chi connectivity index (χ2v) is 8.89. The van der Waals surface area contributed by atoms with Gasteiger partial charge in [-0.05, 0) is 48.9 Å². The molecule has 1 fully saturated rings. The van der Waals surface area contributed by atoms with Crippen molar-refractivity contribution in [2.45, 2.75) is 18.2 Å². The second-order valence-electron chi connectivity index (χ2n) is 6.96. The molecule has 1 aliphatic heterocycles. The lowest BCUT2D eigenvalue weighted by Crippen LogP contribution is -2.51. The Labute approximate surface area is 182 Å². The number of piperazine rings is 1. The van der Waals surface area contributed by atoms with Crippen LogP contribution in [0.15, 0.2) is 53.4 Å². The number of amides is 1. The minimum Gasteiger partial charge on any atom is -0.494 e. The van der Waals surface area contributed by atoms with Crippen LogP contribution in [0.4, 0.5) is 0 Å². The standard InChI is InChI=1S/C22H25N3O5S/c1-2-29-19-7-9-21(10-8-19)31(27,28)25-15-13-24(14-16-25)22(26)17-30-20-5-3-18(4-6-20)11-12-23/h3-10H,2,11,13-17H2,1H3. The Bertz CT molecular complexity index is 1020. The third-order valence-electron chi connectivity index (χ3n) is 4.93. The fourth-order valence-corrected chi connectivity index (χ4v) is 4.65. The summed E-state index contributed by atoms with van der Waals surface area (Å²) in [5.41, 5.74) is 0.881. The highest BCUT2D eigenvalue weighted by atomic mass is 32.2. The van der Waals surface area contributed by atoms with Crippen LogP contribution in [0, 0.1) is 11.3 Å². The third-order valence-corrected chi connectivity index (χ3v) is 6.85. The molecule has 1 aliphatic rings. The summed E-state index contributed by atoms with van der Waals surface area (Å²) in [6.07, 6.45) is 0.322. The quantitative estimate of drug-likeness (QED) is 0.619. The molecule has 2 aromatic rings. The molecule has 1 heterocycles. The van der Waals surface area contributed by atoms with E-state index in [-0.39, 0.29) is 30.5 Å². The number of carbonyl (C=O) groups excluding carboxylic acids is 1. The van der Waals surface area contributed by atoms with Crippen LogP contribution < -0.4 is 9.47 Å². The molecule has 0 unspecified atom stereocenters. The van der Waals surface area contributed by atoms with Gasteiger partial charge < -0.3 is 14.4 Å². The number of nitriles is 1. The smallest absolute Gasteiger partial charge is 0.260 e. The zero-order valence-electron chi connectivity index (χ0n) is 17.4. The molecule has 0 aromatic heterocycles. The second kappa shape index (κ2) is 10.3. The van der Waals surface area contributed by atoms with Crippen LogP contribution in [0.25, 0.3) is 0 Å². The van der Waals surface area contributed by atoms with Gasteiger partial charge >= 0.3 is 0 Å². The molecular weight excluding hydrogens is 418 g/mol. The van der Waals surface area contributed by atoms with Crippen LogP contribution in [0.3, 0.4) is 0 Å². The summed E-state index contributed by atoms with van der Waals surface area (Å²) in [6.45, 7) is 3.32. The van der Waals surface area contributed by atoms with Gasteiger partial charge in [0, 0.05) is 26.2 Å². The summed E-state index contributed by atoms with van der Waals surface area (Å²) in [5.74, 6) is 0.975. The highest BCUT2D eigenvalue weighted by Gasteiger charge is 2.30. The van der Waals surface area contributed by atoms with Crippen molar-refractivity contribution in [2.24, 2.45) is 0 Å². The first-order valence-electron chi connectivity index (χ1n) is 10.0. The molecule has 2 aromatic carbocycles. The number of nitrogens with zero attached hydrogens (tertiary/aromatic N) is 3. The molecular formula is C22H25N3O5S. The van der Waals surface area contributed by atoms with Crippen LogP contribution in [-0.2, 0) is 21.2 Å². The van der Waals surface area contributed by atoms with E-state index >= 15 is 0 Å². The average molecular weight is 444 g/mol. The maximum absolute atomic E-state index is 12.9. The molecule has 9 heteroatoms. The van der Waals surface area contributed by atoms with Gasteiger partial charge in [0.25, 0.3) is 5.91 Å². The molecule has 164 valence electrons. The van der Waals surface area contributed by atoms with Crippen molar-refractivity contribution in [1.82, 2.24) is 9.21 Å². The molecule has 3 rings (SSSR count). The van der Waals surface area contributed by atoms with E-state index in [9.17, 15) is 13.2 Å². The molecule has 0 bridgehead atoms. The number of carbonyl (C=O) groups is 1. The normalized spacial score (nSPS) is 14.6. The van der Waals surface area contributed by atoms with E-state index in [1.807, 2.05) is 6.92 Å². The molecule has 1 saturated heterocycles. The lowest BCUT2D eigenvalue weighted by molar-refractivity contribution is -0.134. The maximum atomic E-state index is 12.9. The van der Waals surface area contributed by atoms with Crippen LogP contribution in [0.5, 0.6) is 11.5 Å². The van der Waals surface area contributed by atoms with Gasteiger partial charge in [0.1, 0.15) is 11.5 Å². The highest BCUT2D eigenvalue weighted by molar-refractivity contribution is 7.89. The van der Waals surface area contributed by atoms with E-state index in [2.05, 4.69) is 6.07 Å². The molecule has 8 nitrogen and oxygen atoms in total. The Morgan fingerprint density at radius 2 is 1.55 bits per heavy atom. The fourth-order valence-electron chi connectivity index (χ4n) is 3.23. The first-order valence-corrected chi connectivity index (χ1v) is 11.5. The van der Waals surface area contributed by atoms with Crippen LogP contribution in [0.1, 0.15) is 12.5 Å². The average Bonchev–Trinajstić information content (AvgIpc) is 2.79. The minimum atomic E-state index is -3.62. The molecule has 0 N–H and O–H groups in total. The number of rotatable bonds is 8. The topological polar surface area (TPSA) is 99.9 Å². The van der Waals surface area contributed by atoms with Crippen LogP contribution >= 0.6 is 0 Å². The Hall–Kier alpha value is -3.09. The van der Waals surface area contributed by atoms with E-state index in [4.69, 9.17) is 14.7 Å². The van der Waals surface area contributed by atoms with Gasteiger partial charge in [-0.1, -0.05) is 12.1 Å². The van der Waals surface area contributed by atoms with E-state index < -0.39 is 10.0 Å². The lowest BCUT2D eigenvalue weighted by Gasteiger charge is -2.34. The summed E-state index contributed by atoms with van der Waals surface area (Å²) in [5, 5.41) is 8.70. The van der Waals surface area contributed by atoms with Crippen molar-refractivity contribution in [3.8, 4) is 17.6 Å². The van der Waals surface area contributed by atoms with E-state index in [0.717, 1.165) is 5.56 Å². The Kier molecular flexibility index (Phi) is 7.50. The molecule has 31 heavy (non-hydrogen) atoms. The molecule has 0 saturated carbocycles. The van der Waals surface area contributed by atoms with Crippen molar-refractivity contribution < 1.29 is 22.7 Å². The zero-order chi connectivity index (χ0) is 22.3. The summed E-state index contributed by atoms with van der Waals surface area (Å²) >= 11 is 0. The summed E-state index contributed by atoms with van der Waals surface area (Å²) < 4.78 is 38.0. The summed E-state index contributed by atoms with van der Waals surface area (Å²) in [7, 11) is -3.62. The highest BCUT2D eigenvalue weighted by Crippen LogP contribution is 2.21. The van der Waals surface area contributed by atoms with Gasteiger partial charge in [0.2, 0.25) is 10.0 Å². The van der Waals surface area contributed by atoms with Crippen LogP contribution in [0.2, 0.25) is 0 Å². The van der Waals surface area contributed by atoms with Crippen molar-refractivity contribution in [1.29, 1.82) is 5.26 Å². The number of ether oxygens (including phenoxy) is 2. The predicted molar refractivity (Wildman–Crippen MR) is 114 cm³/mol. The number of sulfonamides is 1. The third kappa shape index (κ3) is 5.75. The Morgan fingerprint density at radius 3 is 2.13 bits per heavy atom. The SMILES string of the molecule is CCOc1ccc(S(=O)(=O)N2CCN(C(=O)COc3ccc(CC#N)cc3)CC2)cc1.